The van der Waals surface area contributed by atoms with Crippen LogP contribution in [0, 0.1) is 46.3 Å². The molecule has 0 amide bonds. The maximum absolute atomic E-state index is 11.9. The minimum atomic E-state index is -1.70. The van der Waals surface area contributed by atoms with Crippen LogP contribution in [0.15, 0.2) is 11.6 Å². The van der Waals surface area contributed by atoms with Gasteiger partial charge >= 0.3 is 0 Å². The first-order chi connectivity index (χ1) is 28.5. The molecule has 25 atom stereocenters. The Hall–Kier alpha value is -0.900. The normalized spacial score (nSPS) is 57.9. The van der Waals surface area contributed by atoms with Crippen LogP contribution in [-0.2, 0) is 37.9 Å². The van der Waals surface area contributed by atoms with Gasteiger partial charge in [-0.3, -0.25) is 0 Å². The third-order valence-corrected chi connectivity index (χ3v) is 17.3. The Morgan fingerprint density at radius 3 is 2.22 bits per heavy atom. The lowest BCUT2D eigenvalue weighted by Crippen LogP contribution is -2.66. The van der Waals surface area contributed by atoms with Crippen LogP contribution in [0.25, 0.3) is 0 Å². The Kier molecular flexibility index (Phi) is 12.2. The number of aliphatic hydroxyl groups is 8. The summed E-state index contributed by atoms with van der Waals surface area (Å²) >= 11 is 0. The fourth-order valence-corrected chi connectivity index (χ4v) is 13.7. The lowest BCUT2D eigenvalue weighted by molar-refractivity contribution is -0.385. The summed E-state index contributed by atoms with van der Waals surface area (Å²) in [5.41, 5.74) is 1.54. The van der Waals surface area contributed by atoms with E-state index in [1.807, 2.05) is 0 Å². The number of rotatable bonds is 7. The summed E-state index contributed by atoms with van der Waals surface area (Å²) in [7, 11) is 0. The SMILES string of the molecule is C[C@@H]1CC[C@@]2(OC1)O[C@@H]1C[C@@H]3[C@@H]4CC=C5C[C@@H](O[C@@H]6O[C@H](CO)[C@@H](O[C@@H]7OC[C@H](O)[C@H](O)[C@H]7O)[C@H](O)[C@H]6O[C@@H]6O[C@@H](C)[C@H](O)[C@@H](O)[C@H]6O)CC[C@@]5(C)[C@H]4CC[C@@]3(C)[C@H]1[C@@H]2C. The summed E-state index contributed by atoms with van der Waals surface area (Å²) in [4.78, 5) is 0. The fraction of sp³-hybridized carbons (Fsp3) is 0.955. The van der Waals surface area contributed by atoms with Crippen LogP contribution >= 0.6 is 0 Å². The van der Waals surface area contributed by atoms with E-state index in [9.17, 15) is 40.9 Å². The predicted molar refractivity (Wildman–Crippen MR) is 208 cm³/mol. The molecule has 8 N–H and O–H groups in total. The lowest BCUT2D eigenvalue weighted by Gasteiger charge is -2.58. The van der Waals surface area contributed by atoms with Crippen molar-refractivity contribution in [1.29, 1.82) is 0 Å². The minimum absolute atomic E-state index is 0.0142. The molecule has 342 valence electrons. The maximum atomic E-state index is 11.9. The van der Waals surface area contributed by atoms with E-state index in [0.29, 0.717) is 48.3 Å². The van der Waals surface area contributed by atoms with Gasteiger partial charge in [-0.05, 0) is 98.7 Å². The molecule has 16 heteroatoms. The second-order valence-electron chi connectivity index (χ2n) is 20.6. The van der Waals surface area contributed by atoms with Gasteiger partial charge in [0.25, 0.3) is 0 Å². The van der Waals surface area contributed by atoms with E-state index in [0.717, 1.165) is 45.1 Å². The first kappa shape index (κ1) is 44.3. The molecule has 8 fully saturated rings. The molecule has 3 saturated carbocycles. The predicted octanol–water partition coefficient (Wildman–Crippen LogP) is 0.853. The Bertz CT molecular complexity index is 1560. The van der Waals surface area contributed by atoms with Gasteiger partial charge in [-0.15, -0.1) is 0 Å². The molecule has 0 unspecified atom stereocenters. The quantitative estimate of drug-likeness (QED) is 0.166. The molecule has 0 aromatic carbocycles. The van der Waals surface area contributed by atoms with E-state index >= 15 is 0 Å². The molecule has 0 radical (unpaired) electrons. The Labute approximate surface area is 352 Å². The maximum Gasteiger partial charge on any atom is 0.187 e. The zero-order valence-electron chi connectivity index (χ0n) is 35.6. The molecule has 16 nitrogen and oxygen atoms in total. The van der Waals surface area contributed by atoms with Crippen LogP contribution in [0.4, 0.5) is 0 Å². The van der Waals surface area contributed by atoms with Crippen molar-refractivity contribution in [3.05, 3.63) is 11.6 Å². The number of aliphatic hydroxyl groups excluding tert-OH is 8. The summed E-state index contributed by atoms with van der Waals surface area (Å²) in [6, 6.07) is 0. The molecule has 5 saturated heterocycles. The largest absolute Gasteiger partial charge is 0.394 e. The van der Waals surface area contributed by atoms with Crippen LogP contribution in [0.2, 0.25) is 0 Å². The zero-order chi connectivity index (χ0) is 42.6. The zero-order valence-corrected chi connectivity index (χ0v) is 35.6. The summed E-state index contributed by atoms with van der Waals surface area (Å²) < 4.78 is 49.8. The van der Waals surface area contributed by atoms with Gasteiger partial charge in [0.15, 0.2) is 24.7 Å². The number of fused-ring (bicyclic) bond motifs is 7. The third kappa shape index (κ3) is 7.19. The van der Waals surface area contributed by atoms with Crippen molar-refractivity contribution in [1.82, 2.24) is 0 Å². The number of allylic oxidation sites excluding steroid dienone is 1. The van der Waals surface area contributed by atoms with E-state index in [4.69, 9.17) is 37.9 Å². The molecule has 0 bridgehead atoms. The molecular formula is C44H70O16. The van der Waals surface area contributed by atoms with Crippen molar-refractivity contribution in [3.63, 3.8) is 0 Å². The molecule has 0 aromatic rings. The van der Waals surface area contributed by atoms with Gasteiger partial charge in [0, 0.05) is 12.3 Å². The molecule has 9 aliphatic rings. The van der Waals surface area contributed by atoms with E-state index < -0.39 is 98.4 Å². The first-order valence-electron chi connectivity index (χ1n) is 22.8. The van der Waals surface area contributed by atoms with Gasteiger partial charge in [0.2, 0.25) is 0 Å². The van der Waals surface area contributed by atoms with Crippen LogP contribution in [0.3, 0.4) is 0 Å². The lowest BCUT2D eigenvalue weighted by atomic mass is 9.47. The molecular weight excluding hydrogens is 784 g/mol. The second-order valence-corrected chi connectivity index (χ2v) is 20.6. The van der Waals surface area contributed by atoms with E-state index in [1.54, 1.807) is 0 Å². The molecule has 4 aliphatic carbocycles. The van der Waals surface area contributed by atoms with Gasteiger partial charge in [-0.1, -0.05) is 39.3 Å². The Morgan fingerprint density at radius 2 is 1.48 bits per heavy atom. The van der Waals surface area contributed by atoms with Crippen molar-refractivity contribution in [3.8, 4) is 0 Å². The topological polar surface area (TPSA) is 236 Å². The third-order valence-electron chi connectivity index (χ3n) is 17.3. The van der Waals surface area contributed by atoms with Gasteiger partial charge in [0.1, 0.15) is 61.0 Å². The van der Waals surface area contributed by atoms with Crippen molar-refractivity contribution >= 4 is 0 Å². The average molecular weight is 855 g/mol. The van der Waals surface area contributed by atoms with Crippen molar-refractivity contribution in [2.75, 3.05) is 19.8 Å². The second kappa shape index (κ2) is 16.5. The highest BCUT2D eigenvalue weighted by atomic mass is 16.8. The fourth-order valence-electron chi connectivity index (χ4n) is 13.7. The van der Waals surface area contributed by atoms with Crippen molar-refractivity contribution < 1.29 is 78.7 Å². The molecule has 5 aliphatic heterocycles. The van der Waals surface area contributed by atoms with Crippen molar-refractivity contribution in [2.45, 2.75) is 196 Å². The summed E-state index contributed by atoms with van der Waals surface area (Å²) in [6.45, 7) is 10.9. The minimum Gasteiger partial charge on any atom is -0.394 e. The summed E-state index contributed by atoms with van der Waals surface area (Å²) in [5, 5.41) is 85.1. The van der Waals surface area contributed by atoms with E-state index in [1.165, 1.54) is 18.9 Å². The Balaban J connectivity index is 0.913. The van der Waals surface area contributed by atoms with Gasteiger partial charge in [0.05, 0.1) is 38.1 Å². The monoisotopic (exact) mass is 854 g/mol. The highest BCUT2D eigenvalue weighted by Crippen LogP contribution is 2.70. The molecule has 1 spiro atoms. The molecule has 0 aromatic heterocycles. The number of hydrogen-bond acceptors (Lipinski definition) is 16. The standard InChI is InChI=1S/C44H70O16/c1-19-8-13-44(54-17-19)20(2)30-28(60-44)15-26-24-7-6-22-14-23(9-11-42(22,4)25(24)10-12-43(26,30)5)56-41-38(59-40-35(51)33(49)31(47)21(3)55-40)36(52)37(29(16-45)57-41)58-39-34(50)32(48)27(46)18-53-39/h6,19-21,23-41,45-52H,7-18H2,1-5H3/t19-,20+,21+,23+,24-,25+,26-,27+,28-,29-,30+,31+,32+,33-,34-,35-,36+,37-,38-,39+,40+,41-,42-,43-,44-/m1/s1. The molecule has 5 heterocycles. The summed E-state index contributed by atoms with van der Waals surface area (Å²) in [6.07, 6.45) is -9.25. The highest BCUT2D eigenvalue weighted by Gasteiger charge is 2.69. The van der Waals surface area contributed by atoms with Crippen molar-refractivity contribution in [2.24, 2.45) is 46.3 Å². The van der Waals surface area contributed by atoms with E-state index in [2.05, 4.69) is 33.8 Å². The van der Waals surface area contributed by atoms with Gasteiger partial charge in [-0.25, -0.2) is 0 Å². The smallest absolute Gasteiger partial charge is 0.187 e. The Morgan fingerprint density at radius 1 is 0.733 bits per heavy atom. The number of hydrogen-bond donors (Lipinski definition) is 8. The molecule has 9 rings (SSSR count). The summed E-state index contributed by atoms with van der Waals surface area (Å²) in [5.74, 6) is 2.65. The van der Waals surface area contributed by atoms with Crippen LogP contribution in [-0.4, -0.2) is 165 Å². The van der Waals surface area contributed by atoms with Gasteiger partial charge < -0.3 is 78.7 Å². The average Bonchev–Trinajstić information content (AvgIpc) is 3.68. The highest BCUT2D eigenvalue weighted by molar-refractivity contribution is 5.26. The molecule has 60 heavy (non-hydrogen) atoms. The van der Waals surface area contributed by atoms with Crippen LogP contribution in [0.1, 0.15) is 92.4 Å². The first-order valence-corrected chi connectivity index (χ1v) is 22.8. The van der Waals surface area contributed by atoms with Crippen LogP contribution in [0.5, 0.6) is 0 Å². The number of ether oxygens (including phenoxy) is 8. The van der Waals surface area contributed by atoms with Gasteiger partial charge in [-0.2, -0.15) is 0 Å². The van der Waals surface area contributed by atoms with E-state index in [-0.39, 0.29) is 29.6 Å². The van der Waals surface area contributed by atoms with Crippen LogP contribution < -0.4 is 0 Å².